The minimum atomic E-state index is -3.75. The van der Waals surface area contributed by atoms with E-state index < -0.39 is 22.0 Å². The number of carboxylic acid groups (broad SMARTS) is 1. The average Bonchev–Trinajstić information content (AvgIpc) is 2.87. The fraction of sp³-hybridized carbons (Fsp3) is 0.462. The molecule has 0 radical (unpaired) electrons. The highest BCUT2D eigenvalue weighted by Gasteiger charge is 2.36. The number of carboxylic acids is 1. The molecule has 1 N–H and O–H groups in total. The van der Waals surface area contributed by atoms with E-state index in [9.17, 15) is 13.2 Å². The van der Waals surface area contributed by atoms with Crippen molar-refractivity contribution in [2.45, 2.75) is 30.2 Å². The molecule has 21 heavy (non-hydrogen) atoms. The van der Waals surface area contributed by atoms with Crippen molar-refractivity contribution in [3.63, 3.8) is 0 Å². The summed E-state index contributed by atoms with van der Waals surface area (Å²) in [6.45, 7) is 0.325. The van der Waals surface area contributed by atoms with E-state index in [1.54, 1.807) is 0 Å². The first kappa shape index (κ1) is 16.1. The maximum atomic E-state index is 12.6. The summed E-state index contributed by atoms with van der Waals surface area (Å²) in [5.74, 6) is -0.734. The second kappa shape index (κ2) is 6.21. The van der Waals surface area contributed by atoms with Crippen LogP contribution in [0.5, 0.6) is 5.75 Å². The van der Waals surface area contributed by atoms with Crippen molar-refractivity contribution in [2.75, 3.05) is 13.7 Å². The topological polar surface area (TPSA) is 83.9 Å². The number of ether oxygens (including phenoxy) is 1. The molecule has 6 nitrogen and oxygen atoms in total. The van der Waals surface area contributed by atoms with Gasteiger partial charge >= 0.3 is 5.97 Å². The van der Waals surface area contributed by atoms with E-state index in [-0.39, 0.29) is 17.1 Å². The van der Waals surface area contributed by atoms with Gasteiger partial charge in [-0.15, -0.1) is 0 Å². The Labute approximate surface area is 128 Å². The van der Waals surface area contributed by atoms with Crippen LogP contribution in [0.1, 0.15) is 19.3 Å². The number of aliphatic carboxylic acids is 1. The van der Waals surface area contributed by atoms with Gasteiger partial charge in [0.1, 0.15) is 5.75 Å². The Morgan fingerprint density at radius 1 is 1.52 bits per heavy atom. The lowest BCUT2D eigenvalue weighted by atomic mass is 10.2. The van der Waals surface area contributed by atoms with Gasteiger partial charge in [-0.05, 0) is 25.0 Å². The summed E-state index contributed by atoms with van der Waals surface area (Å²) in [6, 6.07) is 3.70. The number of carbonyl (C=O) groups is 1. The summed E-state index contributed by atoms with van der Waals surface area (Å²) in [5, 5.41) is 9.21. The Hall–Kier alpha value is -1.31. The molecule has 0 saturated carbocycles. The number of nitrogens with zero attached hydrogens (tertiary/aromatic N) is 1. The summed E-state index contributed by atoms with van der Waals surface area (Å²) in [4.78, 5) is 10.9. The van der Waals surface area contributed by atoms with Gasteiger partial charge in [-0.25, -0.2) is 8.42 Å². The Morgan fingerprint density at radius 2 is 2.24 bits per heavy atom. The number of rotatable bonds is 5. The van der Waals surface area contributed by atoms with Crippen LogP contribution in [0.15, 0.2) is 23.1 Å². The molecule has 2 rings (SSSR count). The maximum Gasteiger partial charge on any atom is 0.304 e. The largest absolute Gasteiger partial charge is 0.495 e. The molecule has 1 aromatic carbocycles. The van der Waals surface area contributed by atoms with Crippen LogP contribution in [0.4, 0.5) is 0 Å². The lowest BCUT2D eigenvalue weighted by Gasteiger charge is -2.23. The lowest BCUT2D eigenvalue weighted by molar-refractivity contribution is -0.137. The standard InChI is InChI=1S/C13H16ClNO5S/c1-20-12-8-10(4-5-11(12)14)21(18,19)15-6-2-3-9(15)7-13(16)17/h4-5,8-9H,2-3,6-7H2,1H3,(H,16,17)/t9-/m1/s1. The predicted molar refractivity (Wildman–Crippen MR) is 77.2 cm³/mol. The smallest absolute Gasteiger partial charge is 0.304 e. The van der Waals surface area contributed by atoms with Crippen LogP contribution < -0.4 is 4.74 Å². The molecule has 0 bridgehead atoms. The molecule has 116 valence electrons. The van der Waals surface area contributed by atoms with Gasteiger partial charge < -0.3 is 9.84 Å². The minimum absolute atomic E-state index is 0.0565. The van der Waals surface area contributed by atoms with Crippen molar-refractivity contribution in [3.05, 3.63) is 23.2 Å². The van der Waals surface area contributed by atoms with Crippen LogP contribution in [0.2, 0.25) is 5.02 Å². The molecule has 0 spiro atoms. The summed E-state index contributed by atoms with van der Waals surface area (Å²) >= 11 is 5.89. The van der Waals surface area contributed by atoms with Gasteiger partial charge in [-0.3, -0.25) is 4.79 Å². The molecule has 0 aliphatic carbocycles. The highest BCUT2D eigenvalue weighted by atomic mass is 35.5. The molecule has 0 amide bonds. The molecular formula is C13H16ClNO5S. The van der Waals surface area contributed by atoms with Crippen molar-refractivity contribution in [3.8, 4) is 5.75 Å². The number of benzene rings is 1. The molecule has 1 fully saturated rings. The van der Waals surface area contributed by atoms with Crippen molar-refractivity contribution >= 4 is 27.6 Å². The minimum Gasteiger partial charge on any atom is -0.495 e. The van der Waals surface area contributed by atoms with E-state index in [1.807, 2.05) is 0 Å². The van der Waals surface area contributed by atoms with Crippen LogP contribution in [-0.4, -0.2) is 43.5 Å². The normalized spacial score (nSPS) is 19.6. The first-order valence-electron chi connectivity index (χ1n) is 6.43. The molecule has 8 heteroatoms. The number of halogens is 1. The number of hydrogen-bond acceptors (Lipinski definition) is 4. The Balaban J connectivity index is 2.35. The molecule has 1 atom stereocenters. The molecular weight excluding hydrogens is 318 g/mol. The molecule has 1 saturated heterocycles. The van der Waals surface area contributed by atoms with Crippen molar-refractivity contribution < 1.29 is 23.1 Å². The Kier molecular flexibility index (Phi) is 4.75. The van der Waals surface area contributed by atoms with E-state index in [0.29, 0.717) is 24.4 Å². The molecule has 1 heterocycles. The zero-order valence-electron chi connectivity index (χ0n) is 11.5. The molecule has 0 unspecified atom stereocenters. The van der Waals surface area contributed by atoms with E-state index >= 15 is 0 Å². The quantitative estimate of drug-likeness (QED) is 0.890. The summed E-state index contributed by atoms with van der Waals surface area (Å²) < 4.78 is 31.6. The Morgan fingerprint density at radius 3 is 2.86 bits per heavy atom. The van der Waals surface area contributed by atoms with Crippen LogP contribution in [0.25, 0.3) is 0 Å². The van der Waals surface area contributed by atoms with Gasteiger partial charge in [-0.1, -0.05) is 11.6 Å². The zero-order chi connectivity index (χ0) is 15.6. The lowest BCUT2D eigenvalue weighted by Crippen LogP contribution is -2.36. The maximum absolute atomic E-state index is 12.6. The Bertz CT molecular complexity index is 646. The van der Waals surface area contributed by atoms with Gasteiger partial charge in [0, 0.05) is 18.7 Å². The fourth-order valence-electron chi connectivity index (χ4n) is 2.47. The van der Waals surface area contributed by atoms with Gasteiger partial charge in [-0.2, -0.15) is 4.31 Å². The van der Waals surface area contributed by atoms with Crippen molar-refractivity contribution in [2.24, 2.45) is 0 Å². The first-order valence-corrected chi connectivity index (χ1v) is 8.25. The number of hydrogen-bond donors (Lipinski definition) is 1. The van der Waals surface area contributed by atoms with Crippen molar-refractivity contribution in [1.82, 2.24) is 4.31 Å². The molecule has 1 aliphatic heterocycles. The summed E-state index contributed by atoms with van der Waals surface area (Å²) in [5.41, 5.74) is 0. The third-order valence-corrected chi connectivity index (χ3v) is 5.72. The predicted octanol–water partition coefficient (Wildman–Crippen LogP) is 1.98. The van der Waals surface area contributed by atoms with E-state index in [1.165, 1.54) is 29.6 Å². The second-order valence-electron chi connectivity index (χ2n) is 4.81. The highest BCUT2D eigenvalue weighted by molar-refractivity contribution is 7.89. The van der Waals surface area contributed by atoms with Crippen LogP contribution >= 0.6 is 11.6 Å². The highest BCUT2D eigenvalue weighted by Crippen LogP contribution is 2.32. The monoisotopic (exact) mass is 333 g/mol. The SMILES string of the molecule is COc1cc(S(=O)(=O)N2CCC[C@@H]2CC(=O)O)ccc1Cl. The third-order valence-electron chi connectivity index (χ3n) is 3.46. The van der Waals surface area contributed by atoms with Crippen LogP contribution in [0.3, 0.4) is 0 Å². The van der Waals surface area contributed by atoms with E-state index in [2.05, 4.69) is 0 Å². The first-order chi connectivity index (χ1) is 9.86. The van der Waals surface area contributed by atoms with Crippen LogP contribution in [0, 0.1) is 0 Å². The van der Waals surface area contributed by atoms with E-state index in [0.717, 1.165) is 0 Å². The molecule has 0 aromatic heterocycles. The van der Waals surface area contributed by atoms with Gasteiger partial charge in [0.2, 0.25) is 10.0 Å². The van der Waals surface area contributed by atoms with Gasteiger partial charge in [0.15, 0.2) is 0 Å². The van der Waals surface area contributed by atoms with Gasteiger partial charge in [0.05, 0.1) is 23.4 Å². The zero-order valence-corrected chi connectivity index (χ0v) is 13.0. The summed E-state index contributed by atoms with van der Waals surface area (Å²) in [6.07, 6.45) is 1.02. The second-order valence-corrected chi connectivity index (χ2v) is 7.10. The van der Waals surface area contributed by atoms with Crippen molar-refractivity contribution in [1.29, 1.82) is 0 Å². The molecule has 1 aromatic rings. The third kappa shape index (κ3) is 3.30. The number of sulfonamides is 1. The summed E-state index contributed by atoms with van der Waals surface area (Å²) in [7, 11) is -2.35. The number of methoxy groups -OCH3 is 1. The molecule has 1 aliphatic rings. The average molecular weight is 334 g/mol. The van der Waals surface area contributed by atoms with Gasteiger partial charge in [0.25, 0.3) is 0 Å². The fourth-order valence-corrected chi connectivity index (χ4v) is 4.37. The van der Waals surface area contributed by atoms with Crippen LogP contribution in [-0.2, 0) is 14.8 Å². The van der Waals surface area contributed by atoms with E-state index in [4.69, 9.17) is 21.4 Å².